The molecule has 0 spiro atoms. The number of hydrogen-bond donors (Lipinski definition) is 0. The summed E-state index contributed by atoms with van der Waals surface area (Å²) in [5.74, 6) is 5.53. The van der Waals surface area contributed by atoms with Crippen LogP contribution in [-0.2, 0) is 0 Å². The Balaban J connectivity index is 1.16. The summed E-state index contributed by atoms with van der Waals surface area (Å²) < 4.78 is 9.77. The van der Waals surface area contributed by atoms with E-state index in [1.54, 1.807) is 11.3 Å². The molecule has 0 aliphatic carbocycles. The number of thiazole rings is 1. The van der Waals surface area contributed by atoms with Crippen molar-refractivity contribution in [3.63, 3.8) is 0 Å². The van der Waals surface area contributed by atoms with Gasteiger partial charge in [-0.25, -0.2) is 19.9 Å². The van der Waals surface area contributed by atoms with Crippen molar-refractivity contribution in [1.82, 2.24) is 24.5 Å². The summed E-state index contributed by atoms with van der Waals surface area (Å²) in [5, 5.41) is 0.920. The Morgan fingerprint density at radius 2 is 1.35 bits per heavy atom. The summed E-state index contributed by atoms with van der Waals surface area (Å²) in [6.07, 6.45) is 14.5. The lowest BCUT2D eigenvalue weighted by molar-refractivity contribution is 0.540. The summed E-state index contributed by atoms with van der Waals surface area (Å²) in [4.78, 5) is 20.0. The van der Waals surface area contributed by atoms with Crippen LogP contribution in [0, 0.1) is 20.8 Å². The highest BCUT2D eigenvalue weighted by atomic mass is 32.1. The third-order valence-corrected chi connectivity index (χ3v) is 12.1. The number of nitrogens with zero attached hydrogens (tertiary/aromatic N) is 5. The molecule has 0 aliphatic rings. The second kappa shape index (κ2) is 18.2. The molecular formula is C54H47BN5OS. The van der Waals surface area contributed by atoms with Crippen LogP contribution < -0.4 is 0 Å². The largest absolute Gasteiger partial charge is 0.456 e. The Hall–Kier alpha value is -7.16. The van der Waals surface area contributed by atoms with Gasteiger partial charge in [-0.1, -0.05) is 117 Å². The van der Waals surface area contributed by atoms with E-state index in [0.29, 0.717) is 17.5 Å². The third-order valence-electron chi connectivity index (χ3n) is 11.0. The molecule has 62 heavy (non-hydrogen) atoms. The topological polar surface area (TPSA) is 69.6 Å². The van der Waals surface area contributed by atoms with Gasteiger partial charge in [0.25, 0.3) is 0 Å². The van der Waals surface area contributed by atoms with Crippen molar-refractivity contribution >= 4 is 58.7 Å². The molecule has 8 rings (SSSR count). The molecule has 4 heterocycles. The van der Waals surface area contributed by atoms with Gasteiger partial charge in [0.2, 0.25) is 0 Å². The van der Waals surface area contributed by atoms with Crippen LogP contribution in [0.1, 0.15) is 59.0 Å². The van der Waals surface area contributed by atoms with Crippen LogP contribution in [0.25, 0.3) is 90.5 Å². The summed E-state index contributed by atoms with van der Waals surface area (Å²) >= 11 is 1.67. The number of allylic oxidation sites excluding steroid dienone is 5. The molecule has 0 unspecified atom stereocenters. The van der Waals surface area contributed by atoms with Gasteiger partial charge in [-0.3, -0.25) is 0 Å². The molecule has 0 saturated carbocycles. The van der Waals surface area contributed by atoms with Gasteiger partial charge in [0.05, 0.1) is 15.9 Å². The van der Waals surface area contributed by atoms with Gasteiger partial charge in [0.15, 0.2) is 17.5 Å². The number of hydrogen-bond acceptors (Lipinski definition) is 6. The van der Waals surface area contributed by atoms with Crippen molar-refractivity contribution in [3.05, 3.63) is 191 Å². The van der Waals surface area contributed by atoms with E-state index in [0.717, 1.165) is 99.5 Å². The Morgan fingerprint density at radius 1 is 0.694 bits per heavy atom. The number of rotatable bonds is 13. The van der Waals surface area contributed by atoms with Crippen molar-refractivity contribution in [3.8, 4) is 50.4 Å². The summed E-state index contributed by atoms with van der Waals surface area (Å²) in [5.41, 5.74) is 13.9. The van der Waals surface area contributed by atoms with E-state index in [4.69, 9.17) is 24.4 Å². The molecule has 0 saturated heterocycles. The first-order valence-electron chi connectivity index (χ1n) is 20.7. The molecule has 0 bridgehead atoms. The van der Waals surface area contributed by atoms with Crippen LogP contribution in [0.5, 0.6) is 0 Å². The highest BCUT2D eigenvalue weighted by molar-refractivity contribution is 7.21. The molecule has 0 N–H and O–H groups in total. The van der Waals surface area contributed by atoms with Crippen LogP contribution in [0.15, 0.2) is 150 Å². The molecule has 4 aromatic carbocycles. The molecule has 0 fully saturated rings. The molecule has 1 radical (unpaired) electrons. The van der Waals surface area contributed by atoms with Crippen molar-refractivity contribution in [2.24, 2.45) is 0 Å². The standard InChI is InChI=1S/C54H47BN5OS/c1-9-19-46-37(7)44(11-3)47(28-26-34(4)43(10-2)50-36(6)35(5)48(61-50)30-31-55-8)60(46)42-25-18-24-41(32-42)54-56-45-33-40(27-29-49(45)62-54)53-58-51(38-20-14-12-15-21-38)57-52(59-53)39-22-16-13-17-23-39/h9-33H,3-4H2,1-2,5-8H3/b19-9-,28-26-,31-30-,43-10-. The van der Waals surface area contributed by atoms with E-state index < -0.39 is 0 Å². The van der Waals surface area contributed by atoms with Gasteiger partial charge in [0.1, 0.15) is 23.8 Å². The monoisotopic (exact) mass is 824 g/mol. The second-order valence-electron chi connectivity index (χ2n) is 14.9. The Labute approximate surface area is 369 Å². The van der Waals surface area contributed by atoms with E-state index >= 15 is 0 Å². The molecule has 0 amide bonds. The first-order chi connectivity index (χ1) is 30.2. The lowest BCUT2D eigenvalue weighted by Crippen LogP contribution is -2.00. The quantitative estimate of drug-likeness (QED) is 0.0855. The molecule has 303 valence electrons. The van der Waals surface area contributed by atoms with E-state index in [2.05, 4.69) is 111 Å². The smallest absolute Gasteiger partial charge is 0.164 e. The summed E-state index contributed by atoms with van der Waals surface area (Å²) in [6, 6.07) is 34.9. The molecule has 0 atom stereocenters. The lowest BCUT2D eigenvalue weighted by Gasteiger charge is -2.13. The average Bonchev–Trinajstić information content (AvgIpc) is 3.95. The first-order valence-corrected chi connectivity index (χ1v) is 21.5. The SMILES string of the molecule is C=Cc1c(C)c(/C=C\C)n(-c2cccc(-c3nc4cc(-c5nc(-c6ccccc6)nc(-c6ccccc6)n5)ccc4s3)c2)c1/C=C\C(=C)/C(=C/C)c1oc(/C=C\[B]C)c(C)c1C. The van der Waals surface area contributed by atoms with E-state index in [9.17, 15) is 0 Å². The molecule has 4 aromatic heterocycles. The Kier molecular flexibility index (Phi) is 12.2. The first kappa shape index (κ1) is 41.6. The van der Waals surface area contributed by atoms with E-state index in [1.807, 2.05) is 107 Å². The minimum absolute atomic E-state index is 0.598. The maximum Gasteiger partial charge on any atom is 0.164 e. The van der Waals surface area contributed by atoms with Crippen LogP contribution in [0.4, 0.5) is 0 Å². The fourth-order valence-corrected chi connectivity index (χ4v) is 8.60. The van der Waals surface area contributed by atoms with Crippen molar-refractivity contribution in [1.29, 1.82) is 0 Å². The molecule has 6 nitrogen and oxygen atoms in total. The van der Waals surface area contributed by atoms with Crippen LogP contribution in [-0.4, -0.2) is 31.8 Å². The van der Waals surface area contributed by atoms with Gasteiger partial charge in [-0.15, -0.1) is 17.3 Å². The third kappa shape index (κ3) is 8.17. The number of benzene rings is 4. The zero-order valence-corrected chi connectivity index (χ0v) is 36.8. The average molecular weight is 825 g/mol. The lowest BCUT2D eigenvalue weighted by atomic mass is 9.82. The zero-order chi connectivity index (χ0) is 43.3. The van der Waals surface area contributed by atoms with Gasteiger partial charge in [-0.2, -0.15) is 0 Å². The van der Waals surface area contributed by atoms with Gasteiger partial charge in [0, 0.05) is 44.8 Å². The number of fused-ring (bicyclic) bond motifs is 1. The van der Waals surface area contributed by atoms with Gasteiger partial charge < -0.3 is 8.98 Å². The minimum Gasteiger partial charge on any atom is -0.456 e. The minimum atomic E-state index is 0.598. The van der Waals surface area contributed by atoms with Crippen molar-refractivity contribution < 1.29 is 4.42 Å². The van der Waals surface area contributed by atoms with Gasteiger partial charge in [-0.05, 0) is 105 Å². The molecular weight excluding hydrogens is 778 g/mol. The van der Waals surface area contributed by atoms with Crippen LogP contribution in [0.2, 0.25) is 6.82 Å². The second-order valence-corrected chi connectivity index (χ2v) is 16.0. The maximum absolute atomic E-state index is 6.40. The molecule has 8 aromatic rings. The Morgan fingerprint density at radius 3 is 1.98 bits per heavy atom. The van der Waals surface area contributed by atoms with Crippen molar-refractivity contribution in [2.75, 3.05) is 0 Å². The van der Waals surface area contributed by atoms with Crippen molar-refractivity contribution in [2.45, 2.75) is 41.4 Å². The fraction of sp³-hybridized carbons (Fsp3) is 0.111. The van der Waals surface area contributed by atoms with Crippen LogP contribution >= 0.6 is 11.3 Å². The summed E-state index contributed by atoms with van der Waals surface area (Å²) in [6.45, 7) is 21.2. The van der Waals surface area contributed by atoms with Crippen LogP contribution in [0.3, 0.4) is 0 Å². The zero-order valence-electron chi connectivity index (χ0n) is 36.0. The van der Waals surface area contributed by atoms with E-state index in [-0.39, 0.29) is 0 Å². The predicted molar refractivity (Wildman–Crippen MR) is 264 cm³/mol. The van der Waals surface area contributed by atoms with E-state index in [1.165, 1.54) is 0 Å². The predicted octanol–water partition coefficient (Wildman–Crippen LogP) is 14.5. The molecule has 8 heteroatoms. The fourth-order valence-electron chi connectivity index (χ4n) is 7.66. The normalized spacial score (nSPS) is 12.1. The highest BCUT2D eigenvalue weighted by Gasteiger charge is 2.20. The highest BCUT2D eigenvalue weighted by Crippen LogP contribution is 2.37. The summed E-state index contributed by atoms with van der Waals surface area (Å²) in [7, 11) is 2.00. The number of furan rings is 1. The van der Waals surface area contributed by atoms with Gasteiger partial charge >= 0.3 is 0 Å². The molecule has 0 aliphatic heterocycles. The number of aromatic nitrogens is 5. The maximum atomic E-state index is 6.40. The Bertz CT molecular complexity index is 3030.